The zero-order valence-corrected chi connectivity index (χ0v) is 20.1. The SMILES string of the molecule is COc1cc2ncnc(Oc3ccc(NC(=O)C4CCN(c5ccccc5)C4=O)cc3F)c2cc1OC. The van der Waals surface area contributed by atoms with Crippen molar-refractivity contribution in [3.63, 3.8) is 0 Å². The van der Waals surface area contributed by atoms with Gasteiger partial charge in [-0.05, 0) is 36.8 Å². The van der Waals surface area contributed by atoms with Gasteiger partial charge in [-0.2, -0.15) is 0 Å². The number of methoxy groups -OCH3 is 2. The number of carbonyl (C=O) groups is 2. The lowest BCUT2D eigenvalue weighted by atomic mass is 10.1. The van der Waals surface area contributed by atoms with Gasteiger partial charge in [-0.3, -0.25) is 9.59 Å². The summed E-state index contributed by atoms with van der Waals surface area (Å²) in [5, 5.41) is 3.14. The topological polar surface area (TPSA) is 103 Å². The third-order valence-corrected chi connectivity index (χ3v) is 6.10. The number of aromatic nitrogens is 2. The van der Waals surface area contributed by atoms with Gasteiger partial charge in [0.2, 0.25) is 17.7 Å². The maximum atomic E-state index is 14.9. The Balaban J connectivity index is 1.31. The number of amides is 2. The molecule has 0 bridgehead atoms. The Morgan fingerprint density at radius 2 is 1.76 bits per heavy atom. The molecule has 37 heavy (non-hydrogen) atoms. The lowest BCUT2D eigenvalue weighted by Crippen LogP contribution is -2.33. The highest BCUT2D eigenvalue weighted by Gasteiger charge is 2.37. The number of nitrogens with zero attached hydrogens (tertiary/aromatic N) is 3. The van der Waals surface area contributed by atoms with Gasteiger partial charge in [0, 0.05) is 30.1 Å². The summed E-state index contributed by atoms with van der Waals surface area (Å²) >= 11 is 0. The van der Waals surface area contributed by atoms with E-state index in [1.807, 2.05) is 30.3 Å². The van der Waals surface area contributed by atoms with Crippen molar-refractivity contribution < 1.29 is 28.2 Å². The molecule has 1 unspecified atom stereocenters. The first-order valence-corrected chi connectivity index (χ1v) is 11.5. The standard InChI is InChI=1S/C27H23FN4O5/c1-35-23-13-19-21(14-24(23)36-2)29-15-30-26(19)37-22-9-8-16(12-20(22)28)31-25(33)18-10-11-32(27(18)34)17-6-4-3-5-7-17/h3-9,12-15,18H,10-11H2,1-2H3,(H,31,33). The van der Waals surface area contributed by atoms with Gasteiger partial charge in [0.15, 0.2) is 23.1 Å². The summed E-state index contributed by atoms with van der Waals surface area (Å²) in [6, 6.07) is 16.5. The molecule has 9 nitrogen and oxygen atoms in total. The lowest BCUT2D eigenvalue weighted by molar-refractivity contribution is -0.129. The molecule has 2 amide bonds. The third-order valence-electron chi connectivity index (χ3n) is 6.10. The minimum Gasteiger partial charge on any atom is -0.493 e. The van der Waals surface area contributed by atoms with Gasteiger partial charge in [0.1, 0.15) is 12.2 Å². The normalized spacial score (nSPS) is 15.1. The van der Waals surface area contributed by atoms with E-state index in [2.05, 4.69) is 15.3 Å². The maximum absolute atomic E-state index is 14.9. The Kier molecular flexibility index (Phi) is 6.55. The highest BCUT2D eigenvalue weighted by Crippen LogP contribution is 2.36. The summed E-state index contributed by atoms with van der Waals surface area (Å²) in [7, 11) is 3.01. The van der Waals surface area contributed by atoms with Crippen molar-refractivity contribution >= 4 is 34.1 Å². The molecular weight excluding hydrogens is 479 g/mol. The van der Waals surface area contributed by atoms with Crippen LogP contribution in [0.15, 0.2) is 67.0 Å². The Labute approximate surface area is 211 Å². The number of ether oxygens (including phenoxy) is 3. The van der Waals surface area contributed by atoms with Gasteiger partial charge in [-0.15, -0.1) is 0 Å². The smallest absolute Gasteiger partial charge is 0.239 e. The Morgan fingerprint density at radius 3 is 2.49 bits per heavy atom. The van der Waals surface area contributed by atoms with Crippen LogP contribution >= 0.6 is 0 Å². The number of halogens is 1. The first-order valence-electron chi connectivity index (χ1n) is 11.5. The van der Waals surface area contributed by atoms with Crippen molar-refractivity contribution in [1.29, 1.82) is 0 Å². The van der Waals surface area contributed by atoms with E-state index in [9.17, 15) is 14.0 Å². The molecule has 1 aliphatic heterocycles. The van der Waals surface area contributed by atoms with Crippen LogP contribution in [0.4, 0.5) is 15.8 Å². The van der Waals surface area contributed by atoms with Crippen LogP contribution in [0.3, 0.4) is 0 Å². The quantitative estimate of drug-likeness (QED) is 0.369. The van der Waals surface area contributed by atoms with Gasteiger partial charge in [-0.25, -0.2) is 14.4 Å². The predicted octanol–water partition coefficient (Wildman–Crippen LogP) is 4.57. The number of nitrogens with one attached hydrogen (secondary N) is 1. The second-order valence-electron chi connectivity index (χ2n) is 8.31. The van der Waals surface area contributed by atoms with Gasteiger partial charge in [-0.1, -0.05) is 18.2 Å². The number of anilines is 2. The molecule has 1 atom stereocenters. The number of para-hydroxylation sites is 1. The summed E-state index contributed by atoms with van der Waals surface area (Å²) in [5.41, 5.74) is 1.47. The molecule has 2 heterocycles. The summed E-state index contributed by atoms with van der Waals surface area (Å²) in [6.45, 7) is 0.436. The molecule has 1 aliphatic rings. The van der Waals surface area contributed by atoms with Crippen molar-refractivity contribution in [2.24, 2.45) is 5.92 Å². The lowest BCUT2D eigenvalue weighted by Gasteiger charge is -2.16. The third kappa shape index (κ3) is 4.73. The minimum atomic E-state index is -0.849. The van der Waals surface area contributed by atoms with E-state index in [1.165, 1.54) is 32.7 Å². The van der Waals surface area contributed by atoms with Crippen LogP contribution in [0.5, 0.6) is 23.1 Å². The zero-order valence-electron chi connectivity index (χ0n) is 20.1. The monoisotopic (exact) mass is 502 g/mol. The highest BCUT2D eigenvalue weighted by molar-refractivity contribution is 6.13. The van der Waals surface area contributed by atoms with Gasteiger partial charge in [0.05, 0.1) is 25.1 Å². The summed E-state index contributed by atoms with van der Waals surface area (Å²) < 4.78 is 31.3. The molecule has 1 saturated heterocycles. The fourth-order valence-corrected chi connectivity index (χ4v) is 4.22. The van der Waals surface area contributed by atoms with E-state index in [4.69, 9.17) is 14.2 Å². The van der Waals surface area contributed by atoms with Crippen molar-refractivity contribution in [2.45, 2.75) is 6.42 Å². The fourth-order valence-electron chi connectivity index (χ4n) is 4.22. The molecule has 1 aromatic heterocycles. The molecule has 0 aliphatic carbocycles. The second-order valence-corrected chi connectivity index (χ2v) is 8.31. The van der Waals surface area contributed by atoms with E-state index in [-0.39, 0.29) is 23.2 Å². The van der Waals surface area contributed by atoms with E-state index >= 15 is 0 Å². The van der Waals surface area contributed by atoms with Crippen molar-refractivity contribution in [3.05, 3.63) is 72.8 Å². The van der Waals surface area contributed by atoms with Gasteiger partial charge < -0.3 is 24.4 Å². The Bertz CT molecular complexity index is 1480. The molecule has 0 saturated carbocycles. The molecule has 4 aromatic rings. The highest BCUT2D eigenvalue weighted by atomic mass is 19.1. The molecule has 188 valence electrons. The molecule has 3 aromatic carbocycles. The fraction of sp³-hybridized carbons (Fsp3) is 0.185. The van der Waals surface area contributed by atoms with Gasteiger partial charge in [0.25, 0.3) is 0 Å². The van der Waals surface area contributed by atoms with E-state index in [1.54, 1.807) is 17.0 Å². The van der Waals surface area contributed by atoms with Crippen molar-refractivity contribution in [3.8, 4) is 23.1 Å². The molecule has 1 fully saturated rings. The molecule has 1 N–H and O–H groups in total. The summed E-state index contributed by atoms with van der Waals surface area (Å²) in [6.07, 6.45) is 1.67. The number of hydrogen-bond donors (Lipinski definition) is 1. The van der Waals surface area contributed by atoms with Crippen molar-refractivity contribution in [2.75, 3.05) is 31.0 Å². The summed E-state index contributed by atoms with van der Waals surface area (Å²) in [4.78, 5) is 35.5. The molecule has 10 heteroatoms. The van der Waals surface area contributed by atoms with E-state index in [0.717, 1.165) is 11.8 Å². The zero-order chi connectivity index (χ0) is 25.9. The molecular formula is C27H23FN4O5. The Morgan fingerprint density at radius 1 is 1.00 bits per heavy atom. The molecule has 5 rings (SSSR count). The minimum absolute atomic E-state index is 0.0972. The first kappa shape index (κ1) is 24.0. The first-order chi connectivity index (χ1) is 18.0. The predicted molar refractivity (Wildman–Crippen MR) is 135 cm³/mol. The number of fused-ring (bicyclic) bond motifs is 1. The number of hydrogen-bond acceptors (Lipinski definition) is 7. The van der Waals surface area contributed by atoms with E-state index in [0.29, 0.717) is 35.4 Å². The molecule has 0 spiro atoms. The van der Waals surface area contributed by atoms with Gasteiger partial charge >= 0.3 is 0 Å². The average Bonchev–Trinajstić information content (AvgIpc) is 3.31. The largest absolute Gasteiger partial charge is 0.493 e. The Hall–Kier alpha value is -4.73. The van der Waals surface area contributed by atoms with Crippen LogP contribution in [0, 0.1) is 11.7 Å². The number of rotatable bonds is 7. The second kappa shape index (κ2) is 10.1. The van der Waals surface area contributed by atoms with E-state index < -0.39 is 17.6 Å². The van der Waals surface area contributed by atoms with Crippen LogP contribution in [-0.2, 0) is 9.59 Å². The van der Waals surface area contributed by atoms with Crippen LogP contribution in [0.1, 0.15) is 6.42 Å². The maximum Gasteiger partial charge on any atom is 0.239 e. The van der Waals surface area contributed by atoms with Crippen LogP contribution in [-0.4, -0.2) is 42.5 Å². The van der Waals surface area contributed by atoms with Crippen LogP contribution < -0.4 is 24.4 Å². The average molecular weight is 503 g/mol. The van der Waals surface area contributed by atoms with Crippen LogP contribution in [0.2, 0.25) is 0 Å². The number of benzene rings is 3. The number of carbonyl (C=O) groups excluding carboxylic acids is 2. The molecule has 0 radical (unpaired) electrons. The van der Waals surface area contributed by atoms with Crippen LogP contribution in [0.25, 0.3) is 10.9 Å². The van der Waals surface area contributed by atoms with Crippen molar-refractivity contribution in [1.82, 2.24) is 9.97 Å². The summed E-state index contributed by atoms with van der Waals surface area (Å²) in [5.74, 6) is -1.38.